The molecule has 1 heterocycles. The molecule has 2 aliphatic carbocycles. The SMILES string of the molecule is CC1OC(C2=CCC(OC(F)(F)F)C=C2)=NC1CCOC1=CCCC(CC(=O)O)=C1. The number of ether oxygens (including phenoxy) is 3. The van der Waals surface area contributed by atoms with Crippen molar-refractivity contribution in [1.82, 2.24) is 0 Å². The van der Waals surface area contributed by atoms with Gasteiger partial charge in [-0.1, -0.05) is 23.8 Å². The largest absolute Gasteiger partial charge is 0.523 e. The van der Waals surface area contributed by atoms with Crippen molar-refractivity contribution in [3.8, 4) is 0 Å². The molecule has 3 aliphatic rings. The Morgan fingerprint density at radius 2 is 2.17 bits per heavy atom. The molecule has 0 aromatic carbocycles. The third-order valence-electron chi connectivity index (χ3n) is 4.93. The molecule has 3 rings (SSSR count). The standard InChI is InChI=1S/C21H24F3NO5/c1-13-18(9-10-28-17-4-2-3-14(11-17)12-19(26)27)25-20(29-13)15-5-7-16(8-6-15)30-21(22,23)24/h4-7,11,13,16,18H,2-3,8-10,12H2,1H3,(H,26,27). The van der Waals surface area contributed by atoms with Gasteiger partial charge in [0.15, 0.2) is 0 Å². The van der Waals surface area contributed by atoms with E-state index in [2.05, 4.69) is 9.73 Å². The lowest BCUT2D eigenvalue weighted by atomic mass is 10.0. The third kappa shape index (κ3) is 6.48. The number of nitrogens with zero attached hydrogens (tertiary/aromatic N) is 1. The molecule has 6 nitrogen and oxygen atoms in total. The number of halogens is 3. The summed E-state index contributed by atoms with van der Waals surface area (Å²) in [5.74, 6) is 0.222. The molecule has 3 unspecified atom stereocenters. The number of alkyl halides is 3. The van der Waals surface area contributed by atoms with Gasteiger partial charge in [-0.2, -0.15) is 0 Å². The van der Waals surface area contributed by atoms with E-state index in [0.29, 0.717) is 30.3 Å². The first-order valence-electron chi connectivity index (χ1n) is 9.81. The molecule has 0 amide bonds. The van der Waals surface area contributed by atoms with Crippen molar-refractivity contribution in [2.75, 3.05) is 6.61 Å². The number of rotatable bonds is 8. The zero-order chi connectivity index (χ0) is 21.7. The highest BCUT2D eigenvalue weighted by molar-refractivity contribution is 5.97. The lowest BCUT2D eigenvalue weighted by Crippen LogP contribution is -2.23. The van der Waals surface area contributed by atoms with Crippen molar-refractivity contribution in [2.24, 2.45) is 4.99 Å². The van der Waals surface area contributed by atoms with Crippen LogP contribution in [0, 0.1) is 0 Å². The minimum Gasteiger partial charge on any atom is -0.494 e. The number of allylic oxidation sites excluding steroid dienone is 2. The van der Waals surface area contributed by atoms with Crippen molar-refractivity contribution in [1.29, 1.82) is 0 Å². The highest BCUT2D eigenvalue weighted by Crippen LogP contribution is 2.27. The van der Waals surface area contributed by atoms with E-state index >= 15 is 0 Å². The van der Waals surface area contributed by atoms with Gasteiger partial charge in [-0.3, -0.25) is 9.53 Å². The Kier molecular flexibility index (Phi) is 7.02. The van der Waals surface area contributed by atoms with Crippen molar-refractivity contribution >= 4 is 11.9 Å². The highest BCUT2D eigenvalue weighted by Gasteiger charge is 2.34. The molecule has 9 heteroatoms. The maximum atomic E-state index is 12.3. The van der Waals surface area contributed by atoms with Gasteiger partial charge in [0.1, 0.15) is 11.9 Å². The molecule has 0 radical (unpaired) electrons. The predicted molar refractivity (Wildman–Crippen MR) is 103 cm³/mol. The van der Waals surface area contributed by atoms with Crippen LogP contribution in [0.25, 0.3) is 0 Å². The van der Waals surface area contributed by atoms with Crippen LogP contribution in [-0.4, -0.2) is 48.2 Å². The summed E-state index contributed by atoms with van der Waals surface area (Å²) in [4.78, 5) is 15.4. The van der Waals surface area contributed by atoms with Gasteiger partial charge in [0.05, 0.1) is 25.2 Å². The van der Waals surface area contributed by atoms with Gasteiger partial charge in [-0.15, -0.1) is 13.2 Å². The molecule has 30 heavy (non-hydrogen) atoms. The maximum Gasteiger partial charge on any atom is 0.523 e. The topological polar surface area (TPSA) is 77.3 Å². The maximum absolute atomic E-state index is 12.3. The van der Waals surface area contributed by atoms with Gasteiger partial charge in [-0.25, -0.2) is 4.99 Å². The van der Waals surface area contributed by atoms with Crippen LogP contribution < -0.4 is 0 Å². The number of aliphatic imine (C=N–C) groups is 1. The Labute approximate surface area is 172 Å². The number of carboxylic acid groups (broad SMARTS) is 1. The van der Waals surface area contributed by atoms with E-state index in [1.165, 1.54) is 12.2 Å². The summed E-state index contributed by atoms with van der Waals surface area (Å²) in [6.45, 7) is 2.28. The number of aliphatic carboxylic acids is 1. The van der Waals surface area contributed by atoms with E-state index in [9.17, 15) is 18.0 Å². The minimum absolute atomic E-state index is 0.0132. The molecule has 1 N–H and O–H groups in total. The summed E-state index contributed by atoms with van der Waals surface area (Å²) in [5, 5.41) is 8.90. The predicted octanol–water partition coefficient (Wildman–Crippen LogP) is 4.45. The molecule has 0 bridgehead atoms. The van der Waals surface area contributed by atoms with E-state index in [1.54, 1.807) is 12.2 Å². The van der Waals surface area contributed by atoms with Gasteiger partial charge < -0.3 is 14.6 Å². The van der Waals surface area contributed by atoms with E-state index in [0.717, 1.165) is 18.4 Å². The Balaban J connectivity index is 1.49. The van der Waals surface area contributed by atoms with Crippen LogP contribution in [0.3, 0.4) is 0 Å². The average molecular weight is 427 g/mol. The monoisotopic (exact) mass is 427 g/mol. The normalized spacial score (nSPS) is 26.3. The van der Waals surface area contributed by atoms with Gasteiger partial charge in [0.25, 0.3) is 0 Å². The molecule has 0 saturated heterocycles. The molecule has 0 fully saturated rings. The van der Waals surface area contributed by atoms with Crippen molar-refractivity contribution in [3.63, 3.8) is 0 Å². The summed E-state index contributed by atoms with van der Waals surface area (Å²) in [6, 6.07) is -0.134. The average Bonchev–Trinajstić information content (AvgIpc) is 3.02. The molecular formula is C21H24F3NO5. The molecule has 164 valence electrons. The molecule has 0 saturated carbocycles. The van der Waals surface area contributed by atoms with Crippen molar-refractivity contribution < 1.29 is 37.3 Å². The smallest absolute Gasteiger partial charge is 0.494 e. The molecule has 0 aromatic rings. The highest BCUT2D eigenvalue weighted by atomic mass is 19.4. The van der Waals surface area contributed by atoms with Gasteiger partial charge in [0.2, 0.25) is 5.90 Å². The lowest BCUT2D eigenvalue weighted by molar-refractivity contribution is -0.336. The molecule has 0 spiro atoms. The number of hydrogen-bond acceptors (Lipinski definition) is 5. The summed E-state index contributed by atoms with van der Waals surface area (Å²) in [6.07, 6.45) is 4.51. The Morgan fingerprint density at radius 1 is 1.37 bits per heavy atom. The Bertz CT molecular complexity index is 810. The zero-order valence-electron chi connectivity index (χ0n) is 16.5. The second kappa shape index (κ2) is 9.51. The van der Waals surface area contributed by atoms with E-state index in [4.69, 9.17) is 14.6 Å². The number of carboxylic acids is 1. The van der Waals surface area contributed by atoms with Crippen molar-refractivity contribution in [2.45, 2.75) is 63.6 Å². The van der Waals surface area contributed by atoms with E-state index in [-0.39, 0.29) is 25.0 Å². The third-order valence-corrected chi connectivity index (χ3v) is 4.93. The lowest BCUT2D eigenvalue weighted by Gasteiger charge is -2.18. The summed E-state index contributed by atoms with van der Waals surface area (Å²) >= 11 is 0. The van der Waals surface area contributed by atoms with Crippen LogP contribution in [-0.2, 0) is 19.0 Å². The van der Waals surface area contributed by atoms with Crippen LogP contribution in [0.2, 0.25) is 0 Å². The first kappa shape index (κ1) is 22.1. The fourth-order valence-electron chi connectivity index (χ4n) is 3.46. The van der Waals surface area contributed by atoms with Gasteiger partial charge in [0, 0.05) is 12.0 Å². The second-order valence-electron chi connectivity index (χ2n) is 7.34. The first-order valence-corrected chi connectivity index (χ1v) is 9.81. The first-order chi connectivity index (χ1) is 14.2. The fraction of sp³-hybridized carbons (Fsp3) is 0.524. The van der Waals surface area contributed by atoms with Gasteiger partial charge >= 0.3 is 12.3 Å². The summed E-state index contributed by atoms with van der Waals surface area (Å²) in [7, 11) is 0. The van der Waals surface area contributed by atoms with Crippen molar-refractivity contribution in [3.05, 3.63) is 47.3 Å². The molecule has 0 aromatic heterocycles. The fourth-order valence-corrected chi connectivity index (χ4v) is 3.46. The summed E-state index contributed by atoms with van der Waals surface area (Å²) in [5.41, 5.74) is 1.48. The summed E-state index contributed by atoms with van der Waals surface area (Å²) < 4.78 is 52.4. The van der Waals surface area contributed by atoms with Gasteiger partial charge in [-0.05, 0) is 38.3 Å². The van der Waals surface area contributed by atoms with Crippen LogP contribution >= 0.6 is 0 Å². The van der Waals surface area contributed by atoms with Crippen LogP contribution in [0.5, 0.6) is 0 Å². The second-order valence-corrected chi connectivity index (χ2v) is 7.34. The quantitative estimate of drug-likeness (QED) is 0.619. The van der Waals surface area contributed by atoms with E-state index in [1.807, 2.05) is 13.0 Å². The Hall–Kier alpha value is -2.55. The molecule has 3 atom stereocenters. The Morgan fingerprint density at radius 3 is 2.83 bits per heavy atom. The van der Waals surface area contributed by atoms with Crippen LogP contribution in [0.1, 0.15) is 39.0 Å². The van der Waals surface area contributed by atoms with Crippen LogP contribution in [0.4, 0.5) is 13.2 Å². The van der Waals surface area contributed by atoms with E-state index < -0.39 is 18.4 Å². The number of carbonyl (C=O) groups is 1. The zero-order valence-corrected chi connectivity index (χ0v) is 16.5. The molecular weight excluding hydrogens is 403 g/mol. The molecule has 1 aliphatic heterocycles. The number of hydrogen-bond donors (Lipinski definition) is 1. The minimum atomic E-state index is -4.67. The van der Waals surface area contributed by atoms with Crippen LogP contribution in [0.15, 0.2) is 52.3 Å².